The van der Waals surface area contributed by atoms with Gasteiger partial charge in [0.05, 0.1) is 0 Å². The molecule has 2 N–H and O–H groups in total. The van der Waals surface area contributed by atoms with E-state index in [9.17, 15) is 9.59 Å². The van der Waals surface area contributed by atoms with Gasteiger partial charge in [0, 0.05) is 25.8 Å². The molecule has 19 heavy (non-hydrogen) atoms. The maximum absolute atomic E-state index is 12.0. The van der Waals surface area contributed by atoms with E-state index in [2.05, 4.69) is 12.2 Å². The first kappa shape index (κ1) is 15.8. The number of hydrogen-bond acceptors (Lipinski definition) is 3. The molecule has 0 radical (unpaired) electrons. The van der Waals surface area contributed by atoms with Gasteiger partial charge in [0.1, 0.15) is 6.54 Å². The summed E-state index contributed by atoms with van der Waals surface area (Å²) in [7, 11) is 0. The summed E-state index contributed by atoms with van der Waals surface area (Å²) in [4.78, 5) is 24.1. The minimum Gasteiger partial charge on any atom is -0.480 e. The fourth-order valence-electron chi connectivity index (χ4n) is 2.07. The van der Waals surface area contributed by atoms with Crippen molar-refractivity contribution in [1.29, 1.82) is 0 Å². The molecule has 0 atom stereocenters. The van der Waals surface area contributed by atoms with Gasteiger partial charge in [0.2, 0.25) is 0 Å². The van der Waals surface area contributed by atoms with Gasteiger partial charge < -0.3 is 20.1 Å². The Balaban J connectivity index is 2.49. The number of carbonyl (C=O) groups is 2. The highest BCUT2D eigenvalue weighted by molar-refractivity contribution is 5.80. The number of carboxylic acid groups (broad SMARTS) is 1. The van der Waals surface area contributed by atoms with Crippen LogP contribution in [0.3, 0.4) is 0 Å². The van der Waals surface area contributed by atoms with Gasteiger partial charge in [0.25, 0.3) is 0 Å². The van der Waals surface area contributed by atoms with Crippen molar-refractivity contribution in [2.24, 2.45) is 5.41 Å². The standard InChI is InChI=1S/C13H24N2O4/c1-10(2)15(8-11(16)17)12(18)14-9-13(3)4-6-19-7-5-13/h10H,4-9H2,1-3H3,(H,14,18)(H,16,17). The molecule has 0 aromatic carbocycles. The van der Waals surface area contributed by atoms with Crippen molar-refractivity contribution in [3.05, 3.63) is 0 Å². The van der Waals surface area contributed by atoms with Gasteiger partial charge in [-0.05, 0) is 32.1 Å². The Morgan fingerprint density at radius 1 is 1.37 bits per heavy atom. The zero-order valence-corrected chi connectivity index (χ0v) is 11.9. The minimum atomic E-state index is -0.999. The van der Waals surface area contributed by atoms with Gasteiger partial charge in [-0.15, -0.1) is 0 Å². The largest absolute Gasteiger partial charge is 0.480 e. The molecular weight excluding hydrogens is 248 g/mol. The summed E-state index contributed by atoms with van der Waals surface area (Å²) in [5, 5.41) is 11.7. The molecule has 0 spiro atoms. The smallest absolute Gasteiger partial charge is 0.323 e. The molecule has 1 rings (SSSR count). The van der Waals surface area contributed by atoms with E-state index in [1.54, 1.807) is 13.8 Å². The van der Waals surface area contributed by atoms with Crippen LogP contribution >= 0.6 is 0 Å². The van der Waals surface area contributed by atoms with E-state index in [-0.39, 0.29) is 24.0 Å². The topological polar surface area (TPSA) is 78.9 Å². The van der Waals surface area contributed by atoms with Crippen LogP contribution in [0.2, 0.25) is 0 Å². The van der Waals surface area contributed by atoms with Crippen molar-refractivity contribution < 1.29 is 19.4 Å². The number of ether oxygens (including phenoxy) is 1. The molecule has 1 aliphatic heterocycles. The number of rotatable bonds is 5. The minimum absolute atomic E-state index is 0.0415. The zero-order chi connectivity index (χ0) is 14.5. The molecule has 0 aliphatic carbocycles. The van der Waals surface area contributed by atoms with E-state index in [1.165, 1.54) is 4.90 Å². The Labute approximate surface area is 114 Å². The maximum Gasteiger partial charge on any atom is 0.323 e. The fourth-order valence-corrected chi connectivity index (χ4v) is 2.07. The van der Waals surface area contributed by atoms with Crippen molar-refractivity contribution in [2.45, 2.75) is 39.7 Å². The maximum atomic E-state index is 12.0. The van der Waals surface area contributed by atoms with Crippen molar-refractivity contribution in [3.8, 4) is 0 Å². The molecule has 0 aromatic rings. The monoisotopic (exact) mass is 272 g/mol. The third kappa shape index (κ3) is 5.06. The normalized spacial score (nSPS) is 18.1. The lowest BCUT2D eigenvalue weighted by Gasteiger charge is -2.35. The summed E-state index contributed by atoms with van der Waals surface area (Å²) in [6, 6.07) is -0.455. The SMILES string of the molecule is CC(C)N(CC(=O)O)C(=O)NCC1(C)CCOCC1. The van der Waals surface area contributed by atoms with Crippen LogP contribution in [0, 0.1) is 5.41 Å². The van der Waals surface area contributed by atoms with Gasteiger partial charge in [-0.25, -0.2) is 4.79 Å². The van der Waals surface area contributed by atoms with Crippen LogP contribution in [0.25, 0.3) is 0 Å². The number of carbonyl (C=O) groups excluding carboxylic acids is 1. The third-order valence-electron chi connectivity index (χ3n) is 3.56. The van der Waals surface area contributed by atoms with E-state index in [0.29, 0.717) is 6.54 Å². The van der Waals surface area contributed by atoms with Crippen LogP contribution < -0.4 is 5.32 Å². The molecule has 110 valence electrons. The average molecular weight is 272 g/mol. The first-order valence-corrected chi connectivity index (χ1v) is 6.68. The Morgan fingerprint density at radius 3 is 2.42 bits per heavy atom. The Hall–Kier alpha value is -1.30. The van der Waals surface area contributed by atoms with Crippen molar-refractivity contribution in [2.75, 3.05) is 26.3 Å². The number of carboxylic acids is 1. The van der Waals surface area contributed by atoms with Gasteiger partial charge in [-0.2, -0.15) is 0 Å². The highest BCUT2D eigenvalue weighted by atomic mass is 16.5. The summed E-state index contributed by atoms with van der Waals surface area (Å²) in [6.45, 7) is 7.44. The molecule has 2 amide bonds. The highest BCUT2D eigenvalue weighted by Gasteiger charge is 2.29. The molecular formula is C13H24N2O4. The molecule has 6 heteroatoms. The Kier molecular flexibility index (Phi) is 5.60. The lowest BCUT2D eigenvalue weighted by molar-refractivity contribution is -0.138. The van der Waals surface area contributed by atoms with Crippen molar-refractivity contribution in [3.63, 3.8) is 0 Å². The van der Waals surface area contributed by atoms with E-state index < -0.39 is 5.97 Å². The van der Waals surface area contributed by atoms with E-state index in [0.717, 1.165) is 26.1 Å². The van der Waals surface area contributed by atoms with Crippen molar-refractivity contribution in [1.82, 2.24) is 10.2 Å². The van der Waals surface area contributed by atoms with Crippen LogP contribution in [0.1, 0.15) is 33.6 Å². The van der Waals surface area contributed by atoms with Crippen molar-refractivity contribution >= 4 is 12.0 Å². The molecule has 1 fully saturated rings. The lowest BCUT2D eigenvalue weighted by atomic mass is 9.82. The van der Waals surface area contributed by atoms with E-state index in [1.807, 2.05) is 0 Å². The molecule has 0 unspecified atom stereocenters. The summed E-state index contributed by atoms with van der Waals surface area (Å²) >= 11 is 0. The first-order valence-electron chi connectivity index (χ1n) is 6.68. The molecule has 1 heterocycles. The second-order valence-electron chi connectivity index (χ2n) is 5.70. The lowest BCUT2D eigenvalue weighted by Crippen LogP contribution is -2.49. The quantitative estimate of drug-likeness (QED) is 0.791. The zero-order valence-electron chi connectivity index (χ0n) is 11.9. The second-order valence-corrected chi connectivity index (χ2v) is 5.70. The average Bonchev–Trinajstić information content (AvgIpc) is 2.33. The first-order chi connectivity index (χ1) is 8.84. The van der Waals surface area contributed by atoms with Gasteiger partial charge in [0.15, 0.2) is 0 Å². The van der Waals surface area contributed by atoms with Gasteiger partial charge in [-0.3, -0.25) is 4.79 Å². The van der Waals surface area contributed by atoms with Gasteiger partial charge in [-0.1, -0.05) is 6.92 Å². The number of hydrogen-bond donors (Lipinski definition) is 2. The third-order valence-corrected chi connectivity index (χ3v) is 3.56. The second kappa shape index (κ2) is 6.75. The Bertz CT molecular complexity index is 325. The van der Waals surface area contributed by atoms with E-state index >= 15 is 0 Å². The summed E-state index contributed by atoms with van der Waals surface area (Å²) in [6.07, 6.45) is 1.82. The summed E-state index contributed by atoms with van der Waals surface area (Å²) in [5.41, 5.74) is 0.0415. The highest BCUT2D eigenvalue weighted by Crippen LogP contribution is 2.28. The van der Waals surface area contributed by atoms with E-state index in [4.69, 9.17) is 9.84 Å². The van der Waals surface area contributed by atoms with Gasteiger partial charge >= 0.3 is 12.0 Å². The molecule has 6 nitrogen and oxygen atoms in total. The predicted molar refractivity (Wildman–Crippen MR) is 71.0 cm³/mol. The Morgan fingerprint density at radius 2 is 1.95 bits per heavy atom. The molecule has 1 saturated heterocycles. The number of nitrogens with one attached hydrogen (secondary N) is 1. The van der Waals surface area contributed by atoms with Crippen LogP contribution in [-0.2, 0) is 9.53 Å². The summed E-state index contributed by atoms with van der Waals surface area (Å²) in [5.74, 6) is -0.999. The number of urea groups is 1. The predicted octanol–water partition coefficient (Wildman–Crippen LogP) is 1.31. The number of aliphatic carboxylic acids is 1. The summed E-state index contributed by atoms with van der Waals surface area (Å²) < 4.78 is 5.31. The molecule has 0 aromatic heterocycles. The van der Waals surface area contributed by atoms with Crippen LogP contribution in [0.4, 0.5) is 4.79 Å². The molecule has 0 saturated carbocycles. The van der Waals surface area contributed by atoms with Crippen LogP contribution in [0.5, 0.6) is 0 Å². The number of amides is 2. The number of nitrogens with zero attached hydrogens (tertiary/aromatic N) is 1. The molecule has 1 aliphatic rings. The van der Waals surface area contributed by atoms with Crippen LogP contribution in [-0.4, -0.2) is 54.4 Å². The fraction of sp³-hybridized carbons (Fsp3) is 0.846. The molecule has 0 bridgehead atoms. The van der Waals surface area contributed by atoms with Crippen LogP contribution in [0.15, 0.2) is 0 Å².